The number of hydrogen-bond acceptors (Lipinski definition) is 2. The maximum Gasteiger partial charge on any atom is 0.138 e. The summed E-state index contributed by atoms with van der Waals surface area (Å²) in [5, 5.41) is 3.34. The minimum atomic E-state index is 0.587. The molecule has 0 heterocycles. The van der Waals surface area contributed by atoms with Crippen molar-refractivity contribution in [2.24, 2.45) is 0 Å². The first-order valence-corrected chi connectivity index (χ1v) is 7.66. The summed E-state index contributed by atoms with van der Waals surface area (Å²) in [6.45, 7) is 6.55. The maximum atomic E-state index is 6.02. The molecule has 0 unspecified atom stereocenters. The van der Waals surface area contributed by atoms with Gasteiger partial charge >= 0.3 is 0 Å². The Labute approximate surface area is 129 Å². The highest BCUT2D eigenvalue weighted by molar-refractivity contribution is 9.10. The molecule has 0 bridgehead atoms. The van der Waals surface area contributed by atoms with Gasteiger partial charge in [0.05, 0.1) is 4.47 Å². The van der Waals surface area contributed by atoms with E-state index in [-0.39, 0.29) is 0 Å². The van der Waals surface area contributed by atoms with Crippen LogP contribution in [0.3, 0.4) is 0 Å². The fourth-order valence-corrected chi connectivity index (χ4v) is 2.59. The van der Waals surface area contributed by atoms with Crippen molar-refractivity contribution in [2.45, 2.75) is 27.0 Å². The van der Waals surface area contributed by atoms with Crippen LogP contribution in [0.25, 0.3) is 0 Å². The van der Waals surface area contributed by atoms with Gasteiger partial charge in [-0.1, -0.05) is 48.9 Å². The Morgan fingerprint density at radius 1 is 1.15 bits per heavy atom. The quantitative estimate of drug-likeness (QED) is 0.843. The Bertz CT molecular complexity index is 569. The standard InChI is InChI=1S/C17H20BrNO/c1-3-19-11-15-8-5-9-16(18)17(15)20-12-14-7-4-6-13(2)10-14/h4-10,19H,3,11-12H2,1-2H3. The van der Waals surface area contributed by atoms with E-state index in [9.17, 15) is 0 Å². The monoisotopic (exact) mass is 333 g/mol. The van der Waals surface area contributed by atoms with Gasteiger partial charge in [-0.15, -0.1) is 0 Å². The first kappa shape index (κ1) is 15.1. The molecule has 0 aliphatic rings. The topological polar surface area (TPSA) is 21.3 Å². The van der Waals surface area contributed by atoms with E-state index >= 15 is 0 Å². The summed E-state index contributed by atoms with van der Waals surface area (Å²) < 4.78 is 7.02. The first-order valence-electron chi connectivity index (χ1n) is 6.87. The molecular weight excluding hydrogens is 314 g/mol. The summed E-state index contributed by atoms with van der Waals surface area (Å²) in [6.07, 6.45) is 0. The minimum Gasteiger partial charge on any atom is -0.487 e. The van der Waals surface area contributed by atoms with Crippen LogP contribution in [0.15, 0.2) is 46.9 Å². The average Bonchev–Trinajstić information content (AvgIpc) is 2.44. The average molecular weight is 334 g/mol. The van der Waals surface area contributed by atoms with Crippen LogP contribution in [0.2, 0.25) is 0 Å². The van der Waals surface area contributed by atoms with E-state index in [2.05, 4.69) is 65.4 Å². The van der Waals surface area contributed by atoms with Crippen molar-refractivity contribution in [1.29, 1.82) is 0 Å². The predicted molar refractivity (Wildman–Crippen MR) is 87.0 cm³/mol. The third-order valence-corrected chi connectivity index (χ3v) is 3.70. The van der Waals surface area contributed by atoms with Crippen LogP contribution in [0.5, 0.6) is 5.75 Å². The second kappa shape index (κ2) is 7.46. The second-order valence-electron chi connectivity index (χ2n) is 4.79. The van der Waals surface area contributed by atoms with Crippen molar-refractivity contribution >= 4 is 15.9 Å². The molecule has 0 fully saturated rings. The number of ether oxygens (including phenoxy) is 1. The van der Waals surface area contributed by atoms with E-state index in [1.54, 1.807) is 0 Å². The van der Waals surface area contributed by atoms with Crippen LogP contribution in [0.1, 0.15) is 23.6 Å². The number of nitrogens with one attached hydrogen (secondary N) is 1. The Morgan fingerprint density at radius 2 is 1.95 bits per heavy atom. The Kier molecular flexibility index (Phi) is 5.62. The SMILES string of the molecule is CCNCc1cccc(Br)c1OCc1cccc(C)c1. The number of halogens is 1. The highest BCUT2D eigenvalue weighted by Gasteiger charge is 2.08. The summed E-state index contributed by atoms with van der Waals surface area (Å²) in [5.74, 6) is 0.926. The highest BCUT2D eigenvalue weighted by atomic mass is 79.9. The number of hydrogen-bond donors (Lipinski definition) is 1. The fraction of sp³-hybridized carbons (Fsp3) is 0.294. The van der Waals surface area contributed by atoms with E-state index in [1.807, 2.05) is 12.1 Å². The minimum absolute atomic E-state index is 0.587. The molecule has 0 atom stereocenters. The Morgan fingerprint density at radius 3 is 2.70 bits per heavy atom. The van der Waals surface area contributed by atoms with Crippen molar-refractivity contribution < 1.29 is 4.74 Å². The van der Waals surface area contributed by atoms with Crippen LogP contribution in [0.4, 0.5) is 0 Å². The van der Waals surface area contributed by atoms with Gasteiger partial charge < -0.3 is 10.1 Å². The van der Waals surface area contributed by atoms with E-state index in [4.69, 9.17) is 4.74 Å². The summed E-state index contributed by atoms with van der Waals surface area (Å²) in [6, 6.07) is 14.6. The summed E-state index contributed by atoms with van der Waals surface area (Å²) in [7, 11) is 0. The molecule has 2 aromatic rings. The predicted octanol–water partition coefficient (Wildman–Crippen LogP) is 4.45. The number of benzene rings is 2. The van der Waals surface area contributed by atoms with Gasteiger partial charge in [0.2, 0.25) is 0 Å². The zero-order valence-electron chi connectivity index (χ0n) is 11.9. The van der Waals surface area contributed by atoms with Crippen LogP contribution in [-0.2, 0) is 13.2 Å². The van der Waals surface area contributed by atoms with Gasteiger partial charge in [-0.05, 0) is 41.0 Å². The molecule has 0 saturated heterocycles. The van der Waals surface area contributed by atoms with Gasteiger partial charge in [-0.3, -0.25) is 0 Å². The van der Waals surface area contributed by atoms with Gasteiger partial charge in [0.1, 0.15) is 12.4 Å². The van der Waals surface area contributed by atoms with Crippen molar-refractivity contribution in [1.82, 2.24) is 5.32 Å². The number of para-hydroxylation sites is 1. The van der Waals surface area contributed by atoms with Crippen LogP contribution in [-0.4, -0.2) is 6.54 Å². The van der Waals surface area contributed by atoms with Gasteiger partial charge in [0.15, 0.2) is 0 Å². The van der Waals surface area contributed by atoms with E-state index in [1.165, 1.54) is 16.7 Å². The van der Waals surface area contributed by atoms with Crippen molar-refractivity contribution in [3.63, 3.8) is 0 Å². The smallest absolute Gasteiger partial charge is 0.138 e. The normalized spacial score (nSPS) is 10.6. The molecule has 0 radical (unpaired) electrons. The molecule has 106 valence electrons. The molecule has 0 amide bonds. The zero-order valence-corrected chi connectivity index (χ0v) is 13.5. The van der Waals surface area contributed by atoms with E-state index in [0.29, 0.717) is 6.61 Å². The largest absolute Gasteiger partial charge is 0.487 e. The molecule has 0 aliphatic heterocycles. The summed E-state index contributed by atoms with van der Waals surface area (Å²) in [4.78, 5) is 0. The van der Waals surface area contributed by atoms with Crippen LogP contribution >= 0.6 is 15.9 Å². The lowest BCUT2D eigenvalue weighted by atomic mass is 10.1. The lowest BCUT2D eigenvalue weighted by Crippen LogP contribution is -2.13. The Balaban J connectivity index is 2.11. The lowest BCUT2D eigenvalue weighted by Gasteiger charge is -2.14. The summed E-state index contributed by atoms with van der Waals surface area (Å²) >= 11 is 3.57. The molecule has 20 heavy (non-hydrogen) atoms. The van der Waals surface area contributed by atoms with E-state index < -0.39 is 0 Å². The van der Waals surface area contributed by atoms with Crippen LogP contribution in [0, 0.1) is 6.92 Å². The molecule has 0 saturated carbocycles. The third-order valence-electron chi connectivity index (χ3n) is 3.08. The zero-order chi connectivity index (χ0) is 14.4. The van der Waals surface area contributed by atoms with Gasteiger partial charge in [-0.25, -0.2) is 0 Å². The summed E-state index contributed by atoms with van der Waals surface area (Å²) in [5.41, 5.74) is 3.62. The highest BCUT2D eigenvalue weighted by Crippen LogP contribution is 2.29. The van der Waals surface area contributed by atoms with Crippen LogP contribution < -0.4 is 10.1 Å². The van der Waals surface area contributed by atoms with Crippen molar-refractivity contribution in [3.8, 4) is 5.75 Å². The molecule has 0 spiro atoms. The number of rotatable bonds is 6. The molecule has 0 aliphatic carbocycles. The molecule has 3 heteroatoms. The first-order chi connectivity index (χ1) is 9.70. The van der Waals surface area contributed by atoms with Crippen molar-refractivity contribution in [2.75, 3.05) is 6.54 Å². The lowest BCUT2D eigenvalue weighted by molar-refractivity contribution is 0.300. The molecule has 2 nitrogen and oxygen atoms in total. The molecule has 2 aromatic carbocycles. The van der Waals surface area contributed by atoms with Gasteiger partial charge in [0.25, 0.3) is 0 Å². The van der Waals surface area contributed by atoms with Crippen molar-refractivity contribution in [3.05, 3.63) is 63.6 Å². The molecule has 2 rings (SSSR count). The molecule has 1 N–H and O–H groups in total. The molecular formula is C17H20BrNO. The second-order valence-corrected chi connectivity index (χ2v) is 5.64. The van der Waals surface area contributed by atoms with Gasteiger partial charge in [-0.2, -0.15) is 0 Å². The Hall–Kier alpha value is -1.32. The van der Waals surface area contributed by atoms with Gasteiger partial charge in [0, 0.05) is 12.1 Å². The van der Waals surface area contributed by atoms with E-state index in [0.717, 1.165) is 23.3 Å². The fourth-order valence-electron chi connectivity index (χ4n) is 2.07. The maximum absolute atomic E-state index is 6.02. The molecule has 0 aromatic heterocycles. The third kappa shape index (κ3) is 4.09. The number of aryl methyl sites for hydroxylation is 1.